The van der Waals surface area contributed by atoms with E-state index in [2.05, 4.69) is 61.5 Å². The second kappa shape index (κ2) is 18.3. The first kappa shape index (κ1) is 42.8. The van der Waals surface area contributed by atoms with Gasteiger partial charge >= 0.3 is 0 Å². The third kappa shape index (κ3) is 8.64. The summed E-state index contributed by atoms with van der Waals surface area (Å²) in [6.07, 6.45) is 5.54. The van der Waals surface area contributed by atoms with Gasteiger partial charge in [-0.05, 0) is 116 Å². The third-order valence-electron chi connectivity index (χ3n) is 11.8. The second-order valence-corrected chi connectivity index (χ2v) is 15.1. The summed E-state index contributed by atoms with van der Waals surface area (Å²) in [5.74, 6) is 4.11. The Labute approximate surface area is 343 Å². The van der Waals surface area contributed by atoms with E-state index in [-0.39, 0.29) is 43.3 Å². The third-order valence-corrected chi connectivity index (χ3v) is 11.8. The summed E-state index contributed by atoms with van der Waals surface area (Å²) in [7, 11) is 11.2. The van der Waals surface area contributed by atoms with Crippen molar-refractivity contribution < 1.29 is 42.8 Å². The molecule has 0 saturated heterocycles. The molecular formula is C44H54Cl2N2O8. The lowest BCUT2D eigenvalue weighted by molar-refractivity contribution is -0.941. The van der Waals surface area contributed by atoms with Gasteiger partial charge in [-0.15, -0.1) is 24.8 Å². The van der Waals surface area contributed by atoms with E-state index in [9.17, 15) is 9.90 Å². The molecule has 3 unspecified atom stereocenters. The molecule has 0 aliphatic carbocycles. The molecule has 4 aliphatic rings. The summed E-state index contributed by atoms with van der Waals surface area (Å²) in [6, 6.07) is 21.0. The van der Waals surface area contributed by atoms with Crippen molar-refractivity contribution in [3.8, 4) is 46.0 Å². The van der Waals surface area contributed by atoms with Gasteiger partial charge in [-0.1, -0.05) is 18.2 Å². The summed E-state index contributed by atoms with van der Waals surface area (Å²) >= 11 is 0. The maximum atomic E-state index is 11.2. The fourth-order valence-electron chi connectivity index (χ4n) is 8.70. The van der Waals surface area contributed by atoms with E-state index in [4.69, 9.17) is 28.4 Å². The van der Waals surface area contributed by atoms with E-state index in [0.717, 1.165) is 78.7 Å². The van der Waals surface area contributed by atoms with Crippen LogP contribution in [0, 0.1) is 0 Å². The number of benzene rings is 4. The fraction of sp³-hybridized carbons (Fsp3) is 0.432. The van der Waals surface area contributed by atoms with Gasteiger partial charge in [0.25, 0.3) is 0 Å². The Balaban J connectivity index is 0.00000300. The summed E-state index contributed by atoms with van der Waals surface area (Å²) in [5, 5.41) is 11.2. The Morgan fingerprint density at radius 2 is 1.48 bits per heavy atom. The molecule has 0 spiro atoms. The average molecular weight is 810 g/mol. The minimum Gasteiger partial charge on any atom is -0.550 e. The van der Waals surface area contributed by atoms with Crippen molar-refractivity contribution in [1.29, 1.82) is 0 Å². The zero-order chi connectivity index (χ0) is 38.0. The number of ether oxygens (including phenoxy) is 6. The minimum absolute atomic E-state index is 0. The van der Waals surface area contributed by atoms with E-state index in [1.54, 1.807) is 28.4 Å². The Hall–Kier alpha value is -4.35. The zero-order valence-corrected chi connectivity index (χ0v) is 34.8. The van der Waals surface area contributed by atoms with E-state index >= 15 is 0 Å². The second-order valence-electron chi connectivity index (χ2n) is 15.1. The van der Waals surface area contributed by atoms with Gasteiger partial charge in [0.05, 0.1) is 54.1 Å². The number of fused-ring (bicyclic) bond motifs is 2. The Morgan fingerprint density at radius 3 is 2.18 bits per heavy atom. The van der Waals surface area contributed by atoms with Gasteiger partial charge in [0.2, 0.25) is 5.75 Å². The molecular weight excluding hydrogens is 755 g/mol. The summed E-state index contributed by atoms with van der Waals surface area (Å²) < 4.78 is 38.4. The lowest BCUT2D eigenvalue weighted by Gasteiger charge is -2.46. The van der Waals surface area contributed by atoms with Gasteiger partial charge in [-0.2, -0.15) is 0 Å². The minimum atomic E-state index is -1.00. The summed E-state index contributed by atoms with van der Waals surface area (Å²) in [4.78, 5) is 13.6. The number of halogens is 2. The van der Waals surface area contributed by atoms with Crippen LogP contribution in [0.2, 0.25) is 0 Å². The van der Waals surface area contributed by atoms with Crippen LogP contribution in [0.4, 0.5) is 0 Å². The molecule has 0 fully saturated rings. The number of carbonyl (C=O) groups is 1. The number of quaternary nitrogens is 1. The highest BCUT2D eigenvalue weighted by atomic mass is 35.5. The van der Waals surface area contributed by atoms with Crippen LogP contribution in [-0.4, -0.2) is 77.5 Å². The van der Waals surface area contributed by atoms with Gasteiger partial charge < -0.3 is 42.8 Å². The normalized spacial score (nSPS) is 19.7. The standard InChI is InChI=1S/C44H52N2O8.2ClH/c1-45-19-17-30-25-37(50-4)39-27-33(30)34(45)22-28-11-14-32(15-12-28)53-38-24-29(13-16-36(38)49-3)23-35-42-31(26-40(51-5)43(52-6)44(42)54-39)18-21-46(35,2)20-9-7-8-10-41(47)48;;/h11-16,24-27,34-35H,7-10,17-23H2,1-6H3;2*1H. The van der Waals surface area contributed by atoms with Crippen LogP contribution in [0.5, 0.6) is 46.0 Å². The van der Waals surface area contributed by atoms with Gasteiger partial charge in [0, 0.05) is 31.4 Å². The van der Waals surface area contributed by atoms with Crippen LogP contribution >= 0.6 is 24.8 Å². The number of unbranched alkanes of at least 4 members (excludes halogenated alkanes) is 2. The molecule has 56 heavy (non-hydrogen) atoms. The molecule has 10 nitrogen and oxygen atoms in total. The van der Waals surface area contributed by atoms with Gasteiger partial charge in [0.15, 0.2) is 34.5 Å². The number of carboxylic acid groups (broad SMARTS) is 1. The number of aliphatic carboxylic acids is 1. The van der Waals surface area contributed by atoms with Gasteiger partial charge in [-0.3, -0.25) is 4.90 Å². The summed E-state index contributed by atoms with van der Waals surface area (Å²) in [5.41, 5.74) is 6.97. The van der Waals surface area contributed by atoms with E-state index < -0.39 is 5.97 Å². The Bertz CT molecular complexity index is 2010. The lowest BCUT2D eigenvalue weighted by Crippen LogP contribution is -2.52. The number of carboxylic acids is 1. The van der Waals surface area contributed by atoms with Crippen molar-refractivity contribution in [2.75, 3.05) is 62.2 Å². The monoisotopic (exact) mass is 808 g/mol. The highest BCUT2D eigenvalue weighted by Crippen LogP contribution is 2.53. The van der Waals surface area contributed by atoms with E-state index in [1.807, 2.05) is 18.2 Å². The quantitative estimate of drug-likeness (QED) is 0.117. The molecule has 12 heteroatoms. The number of hydrogen-bond donors (Lipinski definition) is 0. The fourth-order valence-corrected chi connectivity index (χ4v) is 8.70. The number of rotatable bonds is 10. The highest BCUT2D eigenvalue weighted by molar-refractivity contribution is 5.85. The van der Waals surface area contributed by atoms with Crippen LogP contribution in [0.15, 0.2) is 60.7 Å². The van der Waals surface area contributed by atoms with Crippen LogP contribution in [-0.2, 0) is 30.5 Å². The van der Waals surface area contributed by atoms with Crippen molar-refractivity contribution in [2.45, 2.75) is 63.5 Å². The van der Waals surface area contributed by atoms with Crippen molar-refractivity contribution in [1.82, 2.24) is 4.90 Å². The number of nitrogens with zero attached hydrogens (tertiary/aromatic N) is 2. The predicted octanol–water partition coefficient (Wildman–Crippen LogP) is 7.83. The molecule has 0 aromatic heterocycles. The molecule has 3 atom stereocenters. The smallest absolute Gasteiger partial charge is 0.204 e. The van der Waals surface area contributed by atoms with E-state index in [0.29, 0.717) is 53.1 Å². The molecule has 4 aromatic rings. The molecule has 0 radical (unpaired) electrons. The first-order valence-corrected chi connectivity index (χ1v) is 19.0. The zero-order valence-electron chi connectivity index (χ0n) is 33.2. The Morgan fingerprint density at radius 1 is 0.786 bits per heavy atom. The van der Waals surface area contributed by atoms with Gasteiger partial charge in [-0.25, -0.2) is 0 Å². The Kier molecular flexibility index (Phi) is 14.0. The average Bonchev–Trinajstić information content (AvgIpc) is 3.17. The molecule has 8 rings (SSSR count). The maximum absolute atomic E-state index is 11.2. The van der Waals surface area contributed by atoms with Crippen LogP contribution in [0.1, 0.15) is 71.1 Å². The molecule has 0 saturated carbocycles. The molecule has 302 valence electrons. The SMILES string of the molecule is COc1ccc2cc1Oc1ccc(cc1)CC1c3cc(c(OC)cc3CCN1C)Oc1c(OC)c(OC)cc3c1C(C2)[N+](C)(CCCCCC(=O)[O-])CC3.Cl.Cl. The van der Waals surface area contributed by atoms with Crippen molar-refractivity contribution in [3.05, 3.63) is 94.0 Å². The molecule has 4 aliphatic heterocycles. The number of likely N-dealkylation sites (N-methyl/N-ethyl adjacent to an activating group) is 2. The summed E-state index contributed by atoms with van der Waals surface area (Å²) in [6.45, 7) is 2.67. The first-order valence-electron chi connectivity index (χ1n) is 19.0. The molecule has 0 amide bonds. The van der Waals surface area contributed by atoms with Crippen LogP contribution in [0.3, 0.4) is 0 Å². The largest absolute Gasteiger partial charge is 0.550 e. The molecule has 4 aromatic carbocycles. The van der Waals surface area contributed by atoms with Crippen molar-refractivity contribution in [3.63, 3.8) is 0 Å². The maximum Gasteiger partial charge on any atom is 0.204 e. The number of hydrogen-bond acceptors (Lipinski definition) is 9. The molecule has 6 bridgehead atoms. The van der Waals surface area contributed by atoms with Crippen LogP contribution < -0.4 is 33.5 Å². The lowest BCUT2D eigenvalue weighted by atomic mass is 9.85. The first-order chi connectivity index (χ1) is 26.1. The number of carbonyl (C=O) groups excluding carboxylic acids is 1. The van der Waals surface area contributed by atoms with E-state index in [1.165, 1.54) is 16.7 Å². The molecule has 4 heterocycles. The van der Waals surface area contributed by atoms with Gasteiger partial charge in [0.1, 0.15) is 11.8 Å². The van der Waals surface area contributed by atoms with Crippen LogP contribution in [0.25, 0.3) is 0 Å². The highest BCUT2D eigenvalue weighted by Gasteiger charge is 2.43. The van der Waals surface area contributed by atoms with Crippen molar-refractivity contribution >= 4 is 30.8 Å². The van der Waals surface area contributed by atoms with Crippen molar-refractivity contribution in [2.24, 2.45) is 0 Å². The molecule has 0 N–H and O–H groups in total. The predicted molar refractivity (Wildman–Crippen MR) is 219 cm³/mol. The topological polar surface area (TPSA) is 98.8 Å². The number of methoxy groups -OCH3 is 4.